The molecule has 0 bridgehead atoms. The number of hydrogen-bond acceptors (Lipinski definition) is 5. The first-order valence-corrected chi connectivity index (χ1v) is 12.2. The van der Waals surface area contributed by atoms with Crippen LogP contribution in [0.25, 0.3) is 0 Å². The van der Waals surface area contributed by atoms with E-state index in [0.29, 0.717) is 19.7 Å². The Morgan fingerprint density at radius 1 is 1.15 bits per heavy atom. The predicted octanol–water partition coefficient (Wildman–Crippen LogP) is 4.64. The van der Waals surface area contributed by atoms with Crippen molar-refractivity contribution in [3.05, 3.63) is 60.2 Å². The molecular formula is C27H36N2O4. The second-order valence-corrected chi connectivity index (χ2v) is 9.06. The van der Waals surface area contributed by atoms with Gasteiger partial charge in [0.2, 0.25) is 5.91 Å². The van der Waals surface area contributed by atoms with Crippen molar-refractivity contribution in [2.45, 2.75) is 57.3 Å². The second-order valence-electron chi connectivity index (χ2n) is 9.06. The van der Waals surface area contributed by atoms with E-state index in [1.165, 1.54) is 0 Å². The molecule has 2 aliphatic rings. The van der Waals surface area contributed by atoms with Gasteiger partial charge in [0.15, 0.2) is 0 Å². The standard InChI is InChI=1S/C27H36N2O4/c1-2-3-17-31-24-12-10-23(11-13-24)28-26(30)20-29-16-15-27(14-7-18-33-27)25(19-29)32-21-22-8-5-4-6-9-22/h4-6,8-13,25H,2-3,7,14-21H2,1H3,(H,28,30). The van der Waals surface area contributed by atoms with Crippen molar-refractivity contribution < 1.29 is 19.0 Å². The molecule has 4 rings (SSSR count). The molecule has 1 spiro atoms. The highest BCUT2D eigenvalue weighted by molar-refractivity contribution is 5.92. The van der Waals surface area contributed by atoms with Crippen molar-refractivity contribution in [2.75, 3.05) is 38.2 Å². The van der Waals surface area contributed by atoms with Crippen LogP contribution in [0.3, 0.4) is 0 Å². The largest absolute Gasteiger partial charge is 0.494 e. The lowest BCUT2D eigenvalue weighted by molar-refractivity contribution is -0.159. The second kappa shape index (κ2) is 11.6. The third kappa shape index (κ3) is 6.56. The van der Waals surface area contributed by atoms with E-state index in [2.05, 4.69) is 29.3 Å². The third-order valence-corrected chi connectivity index (χ3v) is 6.56. The Hall–Kier alpha value is -2.41. The molecule has 6 heteroatoms. The molecule has 0 aromatic heterocycles. The van der Waals surface area contributed by atoms with E-state index in [0.717, 1.165) is 68.9 Å². The fourth-order valence-electron chi connectivity index (χ4n) is 4.66. The molecule has 178 valence electrons. The van der Waals surface area contributed by atoms with Crippen LogP contribution >= 0.6 is 0 Å². The van der Waals surface area contributed by atoms with Gasteiger partial charge in [-0.3, -0.25) is 9.69 Å². The summed E-state index contributed by atoms with van der Waals surface area (Å²) in [6.45, 7) is 6.09. The van der Waals surface area contributed by atoms with Crippen LogP contribution in [0.1, 0.15) is 44.6 Å². The zero-order chi connectivity index (χ0) is 22.9. The predicted molar refractivity (Wildman–Crippen MR) is 129 cm³/mol. The Morgan fingerprint density at radius 3 is 2.70 bits per heavy atom. The summed E-state index contributed by atoms with van der Waals surface area (Å²) in [5.74, 6) is 0.817. The molecule has 2 fully saturated rings. The highest BCUT2D eigenvalue weighted by atomic mass is 16.6. The molecule has 1 N–H and O–H groups in total. The topological polar surface area (TPSA) is 60.0 Å². The van der Waals surface area contributed by atoms with Crippen molar-refractivity contribution in [3.63, 3.8) is 0 Å². The summed E-state index contributed by atoms with van der Waals surface area (Å²) in [4.78, 5) is 14.9. The average molecular weight is 453 g/mol. The Labute approximate surface area is 197 Å². The van der Waals surface area contributed by atoms with E-state index in [9.17, 15) is 4.79 Å². The summed E-state index contributed by atoms with van der Waals surface area (Å²) in [5.41, 5.74) is 1.73. The fourth-order valence-corrected chi connectivity index (χ4v) is 4.66. The number of piperidine rings is 1. The van der Waals surface area contributed by atoms with Crippen LogP contribution in [0.4, 0.5) is 5.69 Å². The Bertz CT molecular complexity index is 865. The summed E-state index contributed by atoms with van der Waals surface area (Å²) in [6.07, 6.45) is 5.10. The number of hydrogen-bond donors (Lipinski definition) is 1. The van der Waals surface area contributed by atoms with Gasteiger partial charge in [0.05, 0.1) is 31.5 Å². The summed E-state index contributed by atoms with van der Waals surface area (Å²) >= 11 is 0. The molecule has 0 aliphatic carbocycles. The van der Waals surface area contributed by atoms with Crippen LogP contribution in [0.15, 0.2) is 54.6 Å². The summed E-state index contributed by atoms with van der Waals surface area (Å²) in [5, 5.41) is 3.01. The summed E-state index contributed by atoms with van der Waals surface area (Å²) < 4.78 is 18.3. The molecule has 1 amide bonds. The number of rotatable bonds is 10. The minimum Gasteiger partial charge on any atom is -0.494 e. The van der Waals surface area contributed by atoms with Crippen molar-refractivity contribution >= 4 is 11.6 Å². The smallest absolute Gasteiger partial charge is 0.238 e. The van der Waals surface area contributed by atoms with E-state index in [1.807, 2.05) is 42.5 Å². The lowest BCUT2D eigenvalue weighted by Gasteiger charge is -2.44. The number of amides is 1. The monoisotopic (exact) mass is 452 g/mol. The number of unbranched alkanes of at least 4 members (excludes halogenated alkanes) is 1. The maximum atomic E-state index is 12.7. The van der Waals surface area contributed by atoms with E-state index >= 15 is 0 Å². The molecule has 6 nitrogen and oxygen atoms in total. The van der Waals surface area contributed by atoms with E-state index < -0.39 is 0 Å². The van der Waals surface area contributed by atoms with E-state index in [-0.39, 0.29) is 17.6 Å². The number of carbonyl (C=O) groups excluding carboxylic acids is 1. The van der Waals surface area contributed by atoms with Crippen LogP contribution in [0, 0.1) is 0 Å². The Kier molecular flexibility index (Phi) is 8.37. The number of benzene rings is 2. The van der Waals surface area contributed by atoms with Gasteiger partial charge in [0, 0.05) is 25.4 Å². The zero-order valence-corrected chi connectivity index (χ0v) is 19.6. The number of carbonyl (C=O) groups is 1. The van der Waals surface area contributed by atoms with Crippen LogP contribution < -0.4 is 10.1 Å². The van der Waals surface area contributed by atoms with Gasteiger partial charge in [0.1, 0.15) is 5.75 Å². The molecule has 2 aliphatic heterocycles. The minimum atomic E-state index is -0.213. The molecule has 2 aromatic rings. The van der Waals surface area contributed by atoms with Crippen molar-refractivity contribution in [1.82, 2.24) is 4.90 Å². The Morgan fingerprint density at radius 2 is 1.97 bits per heavy atom. The van der Waals surface area contributed by atoms with Crippen molar-refractivity contribution in [3.8, 4) is 5.75 Å². The Balaban J connectivity index is 1.30. The van der Waals surface area contributed by atoms with Gasteiger partial charge in [-0.1, -0.05) is 43.7 Å². The van der Waals surface area contributed by atoms with Crippen LogP contribution in [0.5, 0.6) is 5.75 Å². The molecule has 0 saturated carbocycles. The number of anilines is 1. The highest BCUT2D eigenvalue weighted by Crippen LogP contribution is 2.38. The molecule has 2 saturated heterocycles. The lowest BCUT2D eigenvalue weighted by Crippen LogP contribution is -2.57. The quantitative estimate of drug-likeness (QED) is 0.532. The summed E-state index contributed by atoms with van der Waals surface area (Å²) in [6, 6.07) is 17.8. The first kappa shape index (κ1) is 23.7. The number of nitrogens with zero attached hydrogens (tertiary/aromatic N) is 1. The normalized spacial score (nSPS) is 23.0. The van der Waals surface area contributed by atoms with Gasteiger partial charge in [-0.2, -0.15) is 0 Å². The molecule has 2 atom stereocenters. The first-order chi connectivity index (χ1) is 16.2. The van der Waals surface area contributed by atoms with Crippen molar-refractivity contribution in [2.24, 2.45) is 0 Å². The molecule has 33 heavy (non-hydrogen) atoms. The van der Waals surface area contributed by atoms with E-state index in [1.54, 1.807) is 0 Å². The third-order valence-electron chi connectivity index (χ3n) is 6.56. The van der Waals surface area contributed by atoms with Crippen LogP contribution in [-0.4, -0.2) is 55.4 Å². The van der Waals surface area contributed by atoms with E-state index in [4.69, 9.17) is 14.2 Å². The molecular weight excluding hydrogens is 416 g/mol. The van der Waals surface area contributed by atoms with Gasteiger partial charge in [-0.15, -0.1) is 0 Å². The zero-order valence-electron chi connectivity index (χ0n) is 19.6. The SMILES string of the molecule is CCCCOc1ccc(NC(=O)CN2CCC3(CCCO3)C(OCc3ccccc3)C2)cc1. The maximum absolute atomic E-state index is 12.7. The molecule has 0 radical (unpaired) electrons. The number of nitrogens with one attached hydrogen (secondary N) is 1. The highest BCUT2D eigenvalue weighted by Gasteiger charge is 2.47. The maximum Gasteiger partial charge on any atom is 0.238 e. The number of ether oxygens (including phenoxy) is 3. The lowest BCUT2D eigenvalue weighted by atomic mass is 9.85. The van der Waals surface area contributed by atoms with Crippen molar-refractivity contribution in [1.29, 1.82) is 0 Å². The van der Waals surface area contributed by atoms with Gasteiger partial charge in [-0.25, -0.2) is 0 Å². The minimum absolute atomic E-state index is 0.0141. The molecule has 2 unspecified atom stereocenters. The fraction of sp³-hybridized carbons (Fsp3) is 0.519. The average Bonchev–Trinajstić information content (AvgIpc) is 3.31. The van der Waals surface area contributed by atoms with Gasteiger partial charge in [-0.05, 0) is 55.5 Å². The van der Waals surface area contributed by atoms with Crippen LogP contribution in [-0.2, 0) is 20.9 Å². The van der Waals surface area contributed by atoms with Crippen LogP contribution in [0.2, 0.25) is 0 Å². The first-order valence-electron chi connectivity index (χ1n) is 12.2. The molecule has 2 heterocycles. The van der Waals surface area contributed by atoms with Gasteiger partial charge in [0.25, 0.3) is 0 Å². The van der Waals surface area contributed by atoms with Gasteiger partial charge < -0.3 is 19.5 Å². The van der Waals surface area contributed by atoms with Gasteiger partial charge >= 0.3 is 0 Å². The number of likely N-dealkylation sites (tertiary alicyclic amines) is 1. The summed E-state index contributed by atoms with van der Waals surface area (Å²) in [7, 11) is 0. The molecule has 2 aromatic carbocycles.